The van der Waals surface area contributed by atoms with E-state index < -0.39 is 17.6 Å². The topological polar surface area (TPSA) is 49.3 Å². The van der Waals surface area contributed by atoms with Crippen LogP contribution in [0.15, 0.2) is 29.4 Å². The molecule has 0 saturated heterocycles. The molecular formula is C17H21F4IN4S. The number of nitrogens with one attached hydrogen (secondary N) is 2. The lowest BCUT2D eigenvalue weighted by Gasteiger charge is -2.13. The number of hydrogen-bond acceptors (Lipinski definition) is 3. The number of nitrogens with zero attached hydrogens (tertiary/aromatic N) is 2. The Labute approximate surface area is 176 Å². The van der Waals surface area contributed by atoms with Gasteiger partial charge in [0.1, 0.15) is 10.8 Å². The second-order valence-electron chi connectivity index (χ2n) is 5.42. The van der Waals surface area contributed by atoms with E-state index in [-0.39, 0.29) is 36.1 Å². The van der Waals surface area contributed by atoms with E-state index >= 15 is 0 Å². The van der Waals surface area contributed by atoms with Gasteiger partial charge in [-0.05, 0) is 31.0 Å². The molecule has 0 atom stereocenters. The molecule has 0 fully saturated rings. The number of halogens is 5. The summed E-state index contributed by atoms with van der Waals surface area (Å²) in [6.07, 6.45) is -1.92. The van der Waals surface area contributed by atoms with Gasteiger partial charge >= 0.3 is 6.18 Å². The highest BCUT2D eigenvalue weighted by molar-refractivity contribution is 14.0. The van der Waals surface area contributed by atoms with Gasteiger partial charge in [0.05, 0.1) is 18.7 Å². The summed E-state index contributed by atoms with van der Waals surface area (Å²) in [5.74, 6) is -0.552. The summed E-state index contributed by atoms with van der Waals surface area (Å²) in [6.45, 7) is 4.65. The highest BCUT2D eigenvalue weighted by Crippen LogP contribution is 2.32. The van der Waals surface area contributed by atoms with E-state index in [9.17, 15) is 17.6 Å². The molecule has 0 saturated carbocycles. The van der Waals surface area contributed by atoms with Gasteiger partial charge in [-0.25, -0.2) is 14.4 Å². The molecule has 0 aliphatic heterocycles. The molecule has 0 aliphatic carbocycles. The van der Waals surface area contributed by atoms with E-state index in [4.69, 9.17) is 0 Å². The molecule has 1 aromatic carbocycles. The van der Waals surface area contributed by atoms with E-state index in [2.05, 4.69) is 20.6 Å². The first-order chi connectivity index (χ1) is 12.3. The molecular weight excluding hydrogens is 495 g/mol. The van der Waals surface area contributed by atoms with Gasteiger partial charge in [-0.3, -0.25) is 0 Å². The van der Waals surface area contributed by atoms with E-state index in [0.29, 0.717) is 25.1 Å². The maximum Gasteiger partial charge on any atom is 0.416 e. The van der Waals surface area contributed by atoms with Crippen molar-refractivity contribution in [2.24, 2.45) is 4.99 Å². The molecule has 2 rings (SSSR count). The Bertz CT molecular complexity index is 762. The minimum atomic E-state index is -4.63. The van der Waals surface area contributed by atoms with Crippen LogP contribution in [0, 0.1) is 5.82 Å². The van der Waals surface area contributed by atoms with Crippen molar-refractivity contribution in [3.63, 3.8) is 0 Å². The van der Waals surface area contributed by atoms with Gasteiger partial charge in [-0.15, -0.1) is 35.3 Å². The molecule has 4 nitrogen and oxygen atoms in total. The first-order valence-corrected chi connectivity index (χ1v) is 8.96. The van der Waals surface area contributed by atoms with E-state index in [1.165, 1.54) is 0 Å². The first-order valence-electron chi connectivity index (χ1n) is 8.14. The first kappa shape index (κ1) is 23.6. The number of aliphatic imine (C=N–C) groups is 1. The van der Waals surface area contributed by atoms with Crippen molar-refractivity contribution in [1.29, 1.82) is 0 Å². The molecule has 0 bridgehead atoms. The number of rotatable bonds is 6. The van der Waals surface area contributed by atoms with Gasteiger partial charge in [0.15, 0.2) is 5.96 Å². The Morgan fingerprint density at radius 3 is 2.56 bits per heavy atom. The second-order valence-corrected chi connectivity index (χ2v) is 6.62. The standard InChI is InChI=1S/C17H20F4N4S.HI/c1-3-13-9-23-15(26-13)10-25-16(22-4-2)24-8-11-5-6-12(18)7-14(11)17(19,20)21;/h5-7,9H,3-4,8,10H2,1-2H3,(H2,22,24,25);1H. The molecule has 0 radical (unpaired) electrons. The number of hydrogen-bond donors (Lipinski definition) is 2. The minimum absolute atomic E-state index is 0. The molecule has 0 aliphatic rings. The van der Waals surface area contributed by atoms with Crippen molar-refractivity contribution in [2.75, 3.05) is 6.54 Å². The van der Waals surface area contributed by atoms with Crippen molar-refractivity contribution < 1.29 is 17.6 Å². The van der Waals surface area contributed by atoms with Crippen LogP contribution < -0.4 is 10.6 Å². The predicted molar refractivity (Wildman–Crippen MR) is 110 cm³/mol. The highest BCUT2D eigenvalue weighted by Gasteiger charge is 2.33. The fraction of sp³-hybridized carbons (Fsp3) is 0.412. The Kier molecular flexibility index (Phi) is 9.43. The van der Waals surface area contributed by atoms with Crippen molar-refractivity contribution in [2.45, 2.75) is 39.5 Å². The van der Waals surface area contributed by atoms with Crippen LogP contribution in [0.5, 0.6) is 0 Å². The lowest BCUT2D eigenvalue weighted by molar-refractivity contribution is -0.138. The molecule has 150 valence electrons. The van der Waals surface area contributed by atoms with Gasteiger partial charge in [0.2, 0.25) is 0 Å². The second kappa shape index (κ2) is 10.8. The zero-order valence-corrected chi connectivity index (χ0v) is 18.0. The average Bonchev–Trinajstić information content (AvgIpc) is 3.05. The molecule has 2 aromatic rings. The Balaban J connectivity index is 0.00000364. The third-order valence-electron chi connectivity index (χ3n) is 3.49. The number of alkyl halides is 3. The van der Waals surface area contributed by atoms with Crippen molar-refractivity contribution >= 4 is 41.3 Å². The van der Waals surface area contributed by atoms with Gasteiger partial charge < -0.3 is 10.6 Å². The fourth-order valence-corrected chi connectivity index (χ4v) is 3.01. The zero-order valence-electron chi connectivity index (χ0n) is 14.9. The SMILES string of the molecule is CCNC(=NCc1ccc(F)cc1C(F)(F)F)NCc1ncc(CC)s1.I. The normalized spacial score (nSPS) is 11.9. The molecule has 1 heterocycles. The van der Waals surface area contributed by atoms with Crippen LogP contribution in [-0.4, -0.2) is 17.5 Å². The Morgan fingerprint density at radius 1 is 1.22 bits per heavy atom. The summed E-state index contributed by atoms with van der Waals surface area (Å²) in [4.78, 5) is 9.61. The minimum Gasteiger partial charge on any atom is -0.357 e. The van der Waals surface area contributed by atoms with Gasteiger partial charge in [-0.2, -0.15) is 13.2 Å². The smallest absolute Gasteiger partial charge is 0.357 e. The summed E-state index contributed by atoms with van der Waals surface area (Å²) in [5, 5.41) is 6.89. The number of aryl methyl sites for hydroxylation is 1. The maximum absolute atomic E-state index is 13.2. The summed E-state index contributed by atoms with van der Waals surface area (Å²) in [5.41, 5.74) is -1.09. The zero-order chi connectivity index (χ0) is 19.2. The molecule has 2 N–H and O–H groups in total. The highest BCUT2D eigenvalue weighted by atomic mass is 127. The summed E-state index contributed by atoms with van der Waals surface area (Å²) in [6, 6.07) is 2.61. The van der Waals surface area contributed by atoms with Gasteiger partial charge in [-0.1, -0.05) is 13.0 Å². The van der Waals surface area contributed by atoms with Crippen molar-refractivity contribution in [1.82, 2.24) is 15.6 Å². The largest absolute Gasteiger partial charge is 0.416 e. The van der Waals surface area contributed by atoms with Crippen LogP contribution >= 0.6 is 35.3 Å². The third-order valence-corrected chi connectivity index (χ3v) is 4.63. The molecule has 10 heteroatoms. The lowest BCUT2D eigenvalue weighted by Crippen LogP contribution is -2.36. The third kappa shape index (κ3) is 7.24. The van der Waals surface area contributed by atoms with E-state index in [1.807, 2.05) is 13.8 Å². The fourth-order valence-electron chi connectivity index (χ4n) is 2.21. The lowest BCUT2D eigenvalue weighted by atomic mass is 10.1. The Hall–Kier alpha value is -1.43. The van der Waals surface area contributed by atoms with E-state index in [1.54, 1.807) is 17.5 Å². The molecule has 0 amide bonds. The number of aromatic nitrogens is 1. The van der Waals surface area contributed by atoms with Crippen LogP contribution in [0.2, 0.25) is 0 Å². The number of thiazole rings is 1. The molecule has 0 unspecified atom stereocenters. The van der Waals surface area contributed by atoms with Gasteiger partial charge in [0.25, 0.3) is 0 Å². The Morgan fingerprint density at radius 2 is 1.96 bits per heavy atom. The van der Waals surface area contributed by atoms with E-state index in [0.717, 1.165) is 28.4 Å². The summed E-state index contributed by atoms with van der Waals surface area (Å²) < 4.78 is 52.3. The summed E-state index contributed by atoms with van der Waals surface area (Å²) in [7, 11) is 0. The molecule has 27 heavy (non-hydrogen) atoms. The van der Waals surface area contributed by atoms with Crippen LogP contribution in [-0.2, 0) is 25.7 Å². The number of guanidine groups is 1. The van der Waals surface area contributed by atoms with Crippen molar-refractivity contribution in [3.05, 3.63) is 51.2 Å². The van der Waals surface area contributed by atoms with Crippen molar-refractivity contribution in [3.8, 4) is 0 Å². The van der Waals surface area contributed by atoms with Crippen LogP contribution in [0.3, 0.4) is 0 Å². The monoisotopic (exact) mass is 516 g/mol. The average molecular weight is 516 g/mol. The molecule has 1 aromatic heterocycles. The van der Waals surface area contributed by atoms with Gasteiger partial charge in [0, 0.05) is 17.6 Å². The quantitative estimate of drug-likeness (QED) is 0.253. The van der Waals surface area contributed by atoms with Crippen LogP contribution in [0.25, 0.3) is 0 Å². The van der Waals surface area contributed by atoms with Crippen LogP contribution in [0.1, 0.15) is 34.9 Å². The molecule has 0 spiro atoms. The maximum atomic E-state index is 13.2. The summed E-state index contributed by atoms with van der Waals surface area (Å²) >= 11 is 1.57. The predicted octanol–water partition coefficient (Wildman–Crippen LogP) is 4.74. The number of benzene rings is 1. The van der Waals surface area contributed by atoms with Crippen LogP contribution in [0.4, 0.5) is 17.6 Å².